The Morgan fingerprint density at radius 1 is 1.11 bits per heavy atom. The lowest BCUT2D eigenvalue weighted by Gasteiger charge is -2.09. The number of ether oxygens (including phenoxy) is 1. The van der Waals surface area contributed by atoms with Gasteiger partial charge in [-0.1, -0.05) is 24.3 Å². The van der Waals surface area contributed by atoms with Crippen LogP contribution in [0.5, 0.6) is 5.75 Å². The second-order valence-corrected chi connectivity index (χ2v) is 4.08. The van der Waals surface area contributed by atoms with E-state index < -0.39 is 0 Å². The standard InChI is InChI=1S/C15H17NO2/c17-12-14-7-1-2-8-15(14)18-10-4-6-13-5-3-9-16-11-13/h1-3,5,7-9,11,17H,4,6,10,12H2. The van der Waals surface area contributed by atoms with Gasteiger partial charge in [0.25, 0.3) is 0 Å². The molecule has 1 N–H and O–H groups in total. The lowest BCUT2D eigenvalue weighted by Crippen LogP contribution is -2.01. The Hall–Kier alpha value is -1.87. The zero-order valence-electron chi connectivity index (χ0n) is 10.2. The number of pyridine rings is 1. The maximum absolute atomic E-state index is 9.16. The van der Waals surface area contributed by atoms with Crippen LogP contribution in [0.1, 0.15) is 17.5 Å². The number of aliphatic hydroxyl groups is 1. The van der Waals surface area contributed by atoms with Gasteiger partial charge in [0.15, 0.2) is 0 Å². The van der Waals surface area contributed by atoms with E-state index in [2.05, 4.69) is 11.1 Å². The average molecular weight is 243 g/mol. The topological polar surface area (TPSA) is 42.4 Å². The largest absolute Gasteiger partial charge is 0.493 e. The second-order valence-electron chi connectivity index (χ2n) is 4.08. The molecule has 2 aromatic rings. The Bertz CT molecular complexity index is 471. The molecule has 0 aliphatic rings. The van der Waals surface area contributed by atoms with E-state index in [1.54, 1.807) is 6.20 Å². The van der Waals surface area contributed by atoms with Crippen molar-refractivity contribution in [1.82, 2.24) is 4.98 Å². The molecule has 0 fully saturated rings. The van der Waals surface area contributed by atoms with Crippen LogP contribution < -0.4 is 4.74 Å². The summed E-state index contributed by atoms with van der Waals surface area (Å²) in [4.78, 5) is 4.08. The summed E-state index contributed by atoms with van der Waals surface area (Å²) in [7, 11) is 0. The quantitative estimate of drug-likeness (QED) is 0.793. The predicted octanol–water partition coefficient (Wildman–Crippen LogP) is 2.59. The van der Waals surface area contributed by atoms with E-state index in [4.69, 9.17) is 9.84 Å². The molecule has 0 saturated carbocycles. The Morgan fingerprint density at radius 2 is 2.00 bits per heavy atom. The predicted molar refractivity (Wildman–Crippen MR) is 70.4 cm³/mol. The minimum atomic E-state index is 0.0127. The van der Waals surface area contributed by atoms with Gasteiger partial charge >= 0.3 is 0 Å². The molecule has 0 radical (unpaired) electrons. The number of hydrogen-bond donors (Lipinski definition) is 1. The van der Waals surface area contributed by atoms with E-state index >= 15 is 0 Å². The molecule has 0 spiro atoms. The van der Waals surface area contributed by atoms with Crippen molar-refractivity contribution in [2.75, 3.05) is 6.61 Å². The van der Waals surface area contributed by atoms with Gasteiger partial charge in [0.1, 0.15) is 5.75 Å². The first-order valence-electron chi connectivity index (χ1n) is 6.10. The summed E-state index contributed by atoms with van der Waals surface area (Å²) in [5.41, 5.74) is 2.05. The Balaban J connectivity index is 1.78. The van der Waals surface area contributed by atoms with Crippen LogP contribution in [-0.2, 0) is 13.0 Å². The minimum Gasteiger partial charge on any atom is -0.493 e. The summed E-state index contributed by atoms with van der Waals surface area (Å²) in [6.45, 7) is 0.657. The van der Waals surface area contributed by atoms with E-state index in [1.165, 1.54) is 5.56 Å². The van der Waals surface area contributed by atoms with Crippen molar-refractivity contribution in [1.29, 1.82) is 0 Å². The Morgan fingerprint density at radius 3 is 2.78 bits per heavy atom. The number of hydrogen-bond acceptors (Lipinski definition) is 3. The Kier molecular flexibility index (Phi) is 4.73. The third-order valence-corrected chi connectivity index (χ3v) is 2.73. The highest BCUT2D eigenvalue weighted by molar-refractivity contribution is 5.32. The van der Waals surface area contributed by atoms with E-state index in [1.807, 2.05) is 36.5 Å². The van der Waals surface area contributed by atoms with Crippen molar-refractivity contribution in [3.63, 3.8) is 0 Å². The zero-order valence-corrected chi connectivity index (χ0v) is 10.2. The maximum atomic E-state index is 9.16. The number of aryl methyl sites for hydroxylation is 1. The number of aliphatic hydroxyl groups excluding tert-OH is 1. The van der Waals surface area contributed by atoms with Gasteiger partial charge in [-0.15, -0.1) is 0 Å². The average Bonchev–Trinajstić information content (AvgIpc) is 2.45. The molecule has 1 aromatic carbocycles. The van der Waals surface area contributed by atoms with Crippen LogP contribution in [0.2, 0.25) is 0 Å². The van der Waals surface area contributed by atoms with Crippen LogP contribution in [0.4, 0.5) is 0 Å². The molecule has 0 saturated heterocycles. The highest BCUT2D eigenvalue weighted by Crippen LogP contribution is 2.17. The fourth-order valence-corrected chi connectivity index (χ4v) is 1.78. The molecule has 0 aliphatic heterocycles. The van der Waals surface area contributed by atoms with Gasteiger partial charge in [-0.05, 0) is 30.5 Å². The number of para-hydroxylation sites is 1. The first-order valence-corrected chi connectivity index (χ1v) is 6.10. The van der Waals surface area contributed by atoms with Gasteiger partial charge < -0.3 is 9.84 Å². The van der Waals surface area contributed by atoms with Crippen molar-refractivity contribution < 1.29 is 9.84 Å². The van der Waals surface area contributed by atoms with Gasteiger partial charge in [0.2, 0.25) is 0 Å². The fourth-order valence-electron chi connectivity index (χ4n) is 1.78. The van der Waals surface area contributed by atoms with Crippen LogP contribution in [0.25, 0.3) is 0 Å². The molecule has 1 heterocycles. The molecule has 1 aromatic heterocycles. The summed E-state index contributed by atoms with van der Waals surface area (Å²) in [6.07, 6.45) is 5.54. The molecule has 3 heteroatoms. The van der Waals surface area contributed by atoms with Crippen molar-refractivity contribution in [3.8, 4) is 5.75 Å². The molecule has 2 rings (SSSR count). The van der Waals surface area contributed by atoms with E-state index in [0.29, 0.717) is 6.61 Å². The number of rotatable bonds is 6. The molecule has 0 unspecified atom stereocenters. The smallest absolute Gasteiger partial charge is 0.124 e. The number of benzene rings is 1. The molecule has 94 valence electrons. The van der Waals surface area contributed by atoms with Crippen molar-refractivity contribution in [2.45, 2.75) is 19.4 Å². The molecule has 0 amide bonds. The number of nitrogens with zero attached hydrogens (tertiary/aromatic N) is 1. The highest BCUT2D eigenvalue weighted by Gasteiger charge is 2.01. The van der Waals surface area contributed by atoms with Crippen LogP contribution >= 0.6 is 0 Å². The normalized spacial score (nSPS) is 10.3. The van der Waals surface area contributed by atoms with Crippen LogP contribution in [0, 0.1) is 0 Å². The summed E-state index contributed by atoms with van der Waals surface area (Å²) < 4.78 is 5.67. The molecular formula is C15H17NO2. The molecule has 0 bridgehead atoms. The second kappa shape index (κ2) is 6.77. The summed E-state index contributed by atoms with van der Waals surface area (Å²) >= 11 is 0. The van der Waals surface area contributed by atoms with E-state index in [-0.39, 0.29) is 6.61 Å². The minimum absolute atomic E-state index is 0.0127. The third-order valence-electron chi connectivity index (χ3n) is 2.73. The summed E-state index contributed by atoms with van der Waals surface area (Å²) in [6, 6.07) is 11.6. The van der Waals surface area contributed by atoms with Crippen LogP contribution in [0.15, 0.2) is 48.8 Å². The van der Waals surface area contributed by atoms with Crippen LogP contribution in [-0.4, -0.2) is 16.7 Å². The molecule has 18 heavy (non-hydrogen) atoms. The Labute approximate surface area is 107 Å². The van der Waals surface area contributed by atoms with Crippen molar-refractivity contribution in [3.05, 3.63) is 59.9 Å². The van der Waals surface area contributed by atoms with E-state index in [0.717, 1.165) is 24.2 Å². The number of aromatic nitrogens is 1. The fraction of sp³-hybridized carbons (Fsp3) is 0.267. The van der Waals surface area contributed by atoms with E-state index in [9.17, 15) is 0 Å². The van der Waals surface area contributed by atoms with Gasteiger partial charge in [-0.25, -0.2) is 0 Å². The summed E-state index contributed by atoms with van der Waals surface area (Å²) in [5, 5.41) is 9.16. The first-order chi connectivity index (χ1) is 8.90. The first kappa shape index (κ1) is 12.6. The summed E-state index contributed by atoms with van der Waals surface area (Å²) in [5.74, 6) is 0.770. The lowest BCUT2D eigenvalue weighted by atomic mass is 10.2. The maximum Gasteiger partial charge on any atom is 0.124 e. The van der Waals surface area contributed by atoms with Crippen LogP contribution in [0.3, 0.4) is 0 Å². The lowest BCUT2D eigenvalue weighted by molar-refractivity contribution is 0.261. The SMILES string of the molecule is OCc1ccccc1OCCCc1cccnc1. The highest BCUT2D eigenvalue weighted by atomic mass is 16.5. The van der Waals surface area contributed by atoms with Gasteiger partial charge in [-0.2, -0.15) is 0 Å². The molecular weight excluding hydrogens is 226 g/mol. The van der Waals surface area contributed by atoms with Gasteiger partial charge in [-0.3, -0.25) is 4.98 Å². The zero-order chi connectivity index (χ0) is 12.6. The van der Waals surface area contributed by atoms with Gasteiger partial charge in [0.05, 0.1) is 13.2 Å². The molecule has 0 aliphatic carbocycles. The monoisotopic (exact) mass is 243 g/mol. The molecule has 0 atom stereocenters. The van der Waals surface area contributed by atoms with Gasteiger partial charge in [0, 0.05) is 18.0 Å². The van der Waals surface area contributed by atoms with Crippen molar-refractivity contribution >= 4 is 0 Å². The molecule has 3 nitrogen and oxygen atoms in total. The van der Waals surface area contributed by atoms with Crippen molar-refractivity contribution in [2.24, 2.45) is 0 Å². The third kappa shape index (κ3) is 3.57.